The van der Waals surface area contributed by atoms with Crippen molar-refractivity contribution in [3.8, 4) is 0 Å². The molecule has 4 heteroatoms. The number of hydrogen-bond donors (Lipinski definition) is 2. The van der Waals surface area contributed by atoms with Crippen molar-refractivity contribution in [2.75, 3.05) is 26.2 Å². The zero-order valence-corrected chi connectivity index (χ0v) is 10.3. The summed E-state index contributed by atoms with van der Waals surface area (Å²) < 4.78 is 0. The molecule has 0 aromatic rings. The van der Waals surface area contributed by atoms with Crippen molar-refractivity contribution in [3.05, 3.63) is 0 Å². The van der Waals surface area contributed by atoms with Crippen molar-refractivity contribution < 1.29 is 4.79 Å². The summed E-state index contributed by atoms with van der Waals surface area (Å²) in [4.78, 5) is 13.6. The van der Waals surface area contributed by atoms with Crippen molar-refractivity contribution >= 4 is 5.91 Å². The predicted octanol–water partition coefficient (Wildman–Crippen LogP) is 0.572. The van der Waals surface area contributed by atoms with Gasteiger partial charge in [-0.05, 0) is 32.9 Å². The maximum absolute atomic E-state index is 11.5. The molecule has 0 bridgehead atoms. The molecule has 0 aromatic carbocycles. The zero-order valence-electron chi connectivity index (χ0n) is 10.3. The molecule has 0 heterocycles. The SMILES string of the molecule is CCNC(=O)CN(CC)C(CC)CCN. The van der Waals surface area contributed by atoms with Crippen LogP contribution in [0.15, 0.2) is 0 Å². The molecular formula is C11H25N3O. The highest BCUT2D eigenvalue weighted by atomic mass is 16.2. The summed E-state index contributed by atoms with van der Waals surface area (Å²) in [7, 11) is 0. The van der Waals surface area contributed by atoms with Gasteiger partial charge in [-0.3, -0.25) is 9.69 Å². The first-order valence-electron chi connectivity index (χ1n) is 5.90. The number of carbonyl (C=O) groups is 1. The molecule has 0 aliphatic rings. The Balaban J connectivity index is 4.13. The number of amides is 1. The minimum atomic E-state index is 0.106. The molecule has 0 saturated carbocycles. The van der Waals surface area contributed by atoms with E-state index in [2.05, 4.69) is 24.1 Å². The van der Waals surface area contributed by atoms with Gasteiger partial charge in [0.1, 0.15) is 0 Å². The molecule has 15 heavy (non-hydrogen) atoms. The molecule has 0 aliphatic heterocycles. The second-order valence-corrected chi connectivity index (χ2v) is 3.66. The van der Waals surface area contributed by atoms with Crippen molar-refractivity contribution in [1.82, 2.24) is 10.2 Å². The van der Waals surface area contributed by atoms with Gasteiger partial charge in [0.2, 0.25) is 5.91 Å². The smallest absolute Gasteiger partial charge is 0.234 e. The Bertz CT molecular complexity index is 173. The maximum atomic E-state index is 11.5. The van der Waals surface area contributed by atoms with Crippen LogP contribution in [0, 0.1) is 0 Å². The lowest BCUT2D eigenvalue weighted by Gasteiger charge is -2.29. The van der Waals surface area contributed by atoms with E-state index in [0.717, 1.165) is 19.4 Å². The molecule has 0 rings (SSSR count). The standard InChI is InChI=1S/C11H25N3O/c1-4-10(7-8-12)14(6-3)9-11(15)13-5-2/h10H,4-9,12H2,1-3H3,(H,13,15). The minimum absolute atomic E-state index is 0.106. The van der Waals surface area contributed by atoms with E-state index in [1.165, 1.54) is 0 Å². The fourth-order valence-electron chi connectivity index (χ4n) is 1.77. The van der Waals surface area contributed by atoms with E-state index in [0.29, 0.717) is 25.7 Å². The van der Waals surface area contributed by atoms with Gasteiger partial charge in [-0.2, -0.15) is 0 Å². The Morgan fingerprint density at radius 2 is 2.07 bits per heavy atom. The average molecular weight is 215 g/mol. The van der Waals surface area contributed by atoms with E-state index >= 15 is 0 Å². The number of carbonyl (C=O) groups excluding carboxylic acids is 1. The molecule has 1 amide bonds. The molecule has 1 unspecified atom stereocenters. The van der Waals surface area contributed by atoms with E-state index in [1.807, 2.05) is 6.92 Å². The number of nitrogens with two attached hydrogens (primary N) is 1. The molecule has 3 N–H and O–H groups in total. The molecule has 0 radical (unpaired) electrons. The number of hydrogen-bond acceptors (Lipinski definition) is 3. The van der Waals surface area contributed by atoms with Crippen LogP contribution in [0.3, 0.4) is 0 Å². The number of nitrogens with zero attached hydrogens (tertiary/aromatic N) is 1. The molecule has 90 valence electrons. The Morgan fingerprint density at radius 1 is 1.40 bits per heavy atom. The highest BCUT2D eigenvalue weighted by Gasteiger charge is 2.16. The van der Waals surface area contributed by atoms with Crippen LogP contribution in [0.25, 0.3) is 0 Å². The first-order chi connectivity index (χ1) is 7.19. The number of rotatable bonds is 8. The van der Waals surface area contributed by atoms with Gasteiger partial charge >= 0.3 is 0 Å². The third kappa shape index (κ3) is 5.74. The molecule has 4 nitrogen and oxygen atoms in total. The lowest BCUT2D eigenvalue weighted by Crippen LogP contribution is -2.43. The van der Waals surface area contributed by atoms with Gasteiger partial charge in [0.25, 0.3) is 0 Å². The van der Waals surface area contributed by atoms with E-state index in [4.69, 9.17) is 5.73 Å². The van der Waals surface area contributed by atoms with Crippen LogP contribution in [-0.4, -0.2) is 43.0 Å². The van der Waals surface area contributed by atoms with E-state index in [1.54, 1.807) is 0 Å². The second kappa shape index (κ2) is 8.68. The zero-order chi connectivity index (χ0) is 11.7. The third-order valence-corrected chi connectivity index (χ3v) is 2.61. The number of nitrogens with one attached hydrogen (secondary N) is 1. The average Bonchev–Trinajstić information content (AvgIpc) is 2.23. The largest absolute Gasteiger partial charge is 0.355 e. The van der Waals surface area contributed by atoms with Crippen LogP contribution in [0.1, 0.15) is 33.6 Å². The van der Waals surface area contributed by atoms with E-state index in [9.17, 15) is 4.79 Å². The first-order valence-corrected chi connectivity index (χ1v) is 5.90. The van der Waals surface area contributed by atoms with Gasteiger partial charge < -0.3 is 11.1 Å². The molecule has 0 spiro atoms. The third-order valence-electron chi connectivity index (χ3n) is 2.61. The van der Waals surface area contributed by atoms with Crippen LogP contribution in [0.2, 0.25) is 0 Å². The van der Waals surface area contributed by atoms with Gasteiger partial charge in [-0.15, -0.1) is 0 Å². The molecular weight excluding hydrogens is 190 g/mol. The van der Waals surface area contributed by atoms with Gasteiger partial charge in [-0.1, -0.05) is 13.8 Å². The van der Waals surface area contributed by atoms with Gasteiger partial charge in [0.15, 0.2) is 0 Å². The van der Waals surface area contributed by atoms with Crippen LogP contribution in [-0.2, 0) is 4.79 Å². The highest BCUT2D eigenvalue weighted by molar-refractivity contribution is 5.77. The summed E-state index contributed by atoms with van der Waals surface area (Å²) >= 11 is 0. The Hall–Kier alpha value is -0.610. The second-order valence-electron chi connectivity index (χ2n) is 3.66. The van der Waals surface area contributed by atoms with Crippen LogP contribution in [0.5, 0.6) is 0 Å². The summed E-state index contributed by atoms with van der Waals surface area (Å²) in [5.74, 6) is 0.106. The molecule has 0 aliphatic carbocycles. The lowest BCUT2D eigenvalue weighted by atomic mass is 10.1. The minimum Gasteiger partial charge on any atom is -0.355 e. The Kier molecular flexibility index (Phi) is 8.33. The quantitative estimate of drug-likeness (QED) is 0.622. The molecule has 0 fully saturated rings. The normalized spacial score (nSPS) is 12.9. The highest BCUT2D eigenvalue weighted by Crippen LogP contribution is 2.07. The van der Waals surface area contributed by atoms with Crippen LogP contribution in [0.4, 0.5) is 0 Å². The summed E-state index contributed by atoms with van der Waals surface area (Å²) in [6.07, 6.45) is 2.01. The number of likely N-dealkylation sites (N-methyl/N-ethyl adjacent to an activating group) is 2. The summed E-state index contributed by atoms with van der Waals surface area (Å²) in [5, 5.41) is 2.82. The Morgan fingerprint density at radius 3 is 2.47 bits per heavy atom. The summed E-state index contributed by atoms with van der Waals surface area (Å²) in [6, 6.07) is 0.433. The Labute approximate surface area is 93.2 Å². The van der Waals surface area contributed by atoms with Crippen LogP contribution >= 0.6 is 0 Å². The molecule has 0 saturated heterocycles. The van der Waals surface area contributed by atoms with Gasteiger partial charge in [-0.25, -0.2) is 0 Å². The lowest BCUT2D eigenvalue weighted by molar-refractivity contribution is -0.122. The topological polar surface area (TPSA) is 58.4 Å². The first kappa shape index (κ1) is 14.4. The maximum Gasteiger partial charge on any atom is 0.234 e. The fourth-order valence-corrected chi connectivity index (χ4v) is 1.77. The summed E-state index contributed by atoms with van der Waals surface area (Å²) in [6.45, 7) is 8.93. The predicted molar refractivity (Wildman–Crippen MR) is 63.7 cm³/mol. The fraction of sp³-hybridized carbons (Fsp3) is 0.909. The van der Waals surface area contributed by atoms with E-state index < -0.39 is 0 Å². The molecule has 1 atom stereocenters. The van der Waals surface area contributed by atoms with Crippen molar-refractivity contribution in [2.45, 2.75) is 39.7 Å². The van der Waals surface area contributed by atoms with E-state index in [-0.39, 0.29) is 5.91 Å². The van der Waals surface area contributed by atoms with Crippen molar-refractivity contribution in [1.29, 1.82) is 0 Å². The monoisotopic (exact) mass is 215 g/mol. The summed E-state index contributed by atoms with van der Waals surface area (Å²) in [5.41, 5.74) is 5.56. The molecule has 0 aromatic heterocycles. The van der Waals surface area contributed by atoms with Crippen LogP contribution < -0.4 is 11.1 Å². The van der Waals surface area contributed by atoms with Crippen molar-refractivity contribution in [3.63, 3.8) is 0 Å². The van der Waals surface area contributed by atoms with Crippen molar-refractivity contribution in [2.24, 2.45) is 5.73 Å². The van der Waals surface area contributed by atoms with Gasteiger partial charge in [0, 0.05) is 12.6 Å². The van der Waals surface area contributed by atoms with Gasteiger partial charge in [0.05, 0.1) is 6.54 Å².